The fraction of sp³-hybridized carbons (Fsp3) is 0.135. The van der Waals surface area contributed by atoms with Gasteiger partial charge in [-0.2, -0.15) is 0 Å². The molecule has 0 fully saturated rings. The van der Waals surface area contributed by atoms with Crippen molar-refractivity contribution in [2.75, 3.05) is 5.75 Å². The van der Waals surface area contributed by atoms with Crippen LogP contribution < -0.4 is 0 Å². The van der Waals surface area contributed by atoms with Gasteiger partial charge in [0.15, 0.2) is 0 Å². The second-order valence-corrected chi connectivity index (χ2v) is 12.8. The average molecular weight is 533 g/mol. The second kappa shape index (κ2) is 7.93. The zero-order chi connectivity index (χ0) is 26.6. The van der Waals surface area contributed by atoms with Crippen LogP contribution in [-0.2, 0) is 5.41 Å². The van der Waals surface area contributed by atoms with Gasteiger partial charge in [-0.15, -0.1) is 11.8 Å². The van der Waals surface area contributed by atoms with Crippen LogP contribution in [0.25, 0.3) is 66.1 Å². The molecule has 9 rings (SSSR count). The Morgan fingerprint density at radius 2 is 1.25 bits per heavy atom. The van der Waals surface area contributed by atoms with Crippen molar-refractivity contribution in [1.82, 2.24) is 9.13 Å². The zero-order valence-corrected chi connectivity index (χ0v) is 23.4. The summed E-state index contributed by atoms with van der Waals surface area (Å²) in [6.45, 7) is 4.81. The summed E-state index contributed by atoms with van der Waals surface area (Å²) in [7, 11) is 0. The van der Waals surface area contributed by atoms with E-state index in [1.807, 2.05) is 0 Å². The van der Waals surface area contributed by atoms with Gasteiger partial charge < -0.3 is 9.13 Å². The molecule has 0 saturated heterocycles. The first kappa shape index (κ1) is 22.6. The standard InChI is InChI=1S/C37H28N2S/c1-37(2)30-13-8-12-27-29-22-24(16-18-33(29)39(35(27)30)34-19-20-40-36(34)37)23-15-17-32-28(21-23)26-11-6-7-14-31(26)38(32)25-9-4-3-5-10-25/h3-18,21-22H,19-20H2,1-2H3. The molecule has 192 valence electrons. The first-order valence-electron chi connectivity index (χ1n) is 14.1. The van der Waals surface area contributed by atoms with Gasteiger partial charge in [-0.25, -0.2) is 0 Å². The van der Waals surface area contributed by atoms with E-state index in [2.05, 4.69) is 144 Å². The molecule has 0 saturated carbocycles. The molecule has 2 nitrogen and oxygen atoms in total. The Bertz CT molecular complexity index is 2210. The highest BCUT2D eigenvalue weighted by Gasteiger charge is 2.39. The molecular formula is C37H28N2S. The highest BCUT2D eigenvalue weighted by molar-refractivity contribution is 8.03. The maximum absolute atomic E-state index is 2.58. The third-order valence-corrected chi connectivity index (χ3v) is 10.6. The van der Waals surface area contributed by atoms with Crippen LogP contribution in [-0.4, -0.2) is 14.9 Å². The Balaban J connectivity index is 1.29. The Morgan fingerprint density at radius 1 is 0.600 bits per heavy atom. The van der Waals surface area contributed by atoms with Crippen LogP contribution in [0.5, 0.6) is 0 Å². The molecular weight excluding hydrogens is 504 g/mol. The minimum atomic E-state index is 0.0568. The SMILES string of the molecule is CC1(C)C2=C(CCS2)n2c3ccc(-c4ccc5c(c4)c4ccccc4n5-c4ccccc4)cc3c3cccc1c32. The van der Waals surface area contributed by atoms with Crippen molar-refractivity contribution in [3.63, 3.8) is 0 Å². The largest absolute Gasteiger partial charge is 0.312 e. The lowest BCUT2D eigenvalue weighted by Gasteiger charge is -2.33. The van der Waals surface area contributed by atoms with Gasteiger partial charge in [0.25, 0.3) is 0 Å². The molecule has 0 aliphatic carbocycles. The van der Waals surface area contributed by atoms with Gasteiger partial charge >= 0.3 is 0 Å². The van der Waals surface area contributed by atoms with Crippen LogP contribution in [0, 0.1) is 0 Å². The number of allylic oxidation sites excluding steroid dienone is 2. The van der Waals surface area contributed by atoms with E-state index < -0.39 is 0 Å². The number of hydrogen-bond acceptors (Lipinski definition) is 1. The summed E-state index contributed by atoms with van der Waals surface area (Å²) >= 11 is 2.05. The lowest BCUT2D eigenvalue weighted by Crippen LogP contribution is -2.24. The smallest absolute Gasteiger partial charge is 0.0579 e. The normalized spacial score (nSPS) is 16.1. The van der Waals surface area contributed by atoms with E-state index in [4.69, 9.17) is 0 Å². The molecule has 2 aromatic heterocycles. The van der Waals surface area contributed by atoms with Gasteiger partial charge in [0, 0.05) is 49.0 Å². The van der Waals surface area contributed by atoms with Crippen molar-refractivity contribution in [1.29, 1.82) is 0 Å². The molecule has 2 aliphatic heterocycles. The van der Waals surface area contributed by atoms with Crippen LogP contribution in [0.2, 0.25) is 0 Å². The molecule has 7 aromatic rings. The van der Waals surface area contributed by atoms with Crippen molar-refractivity contribution < 1.29 is 0 Å². The molecule has 0 radical (unpaired) electrons. The Labute approximate surface area is 237 Å². The molecule has 4 heterocycles. The third kappa shape index (κ3) is 2.86. The Morgan fingerprint density at radius 3 is 2.05 bits per heavy atom. The van der Waals surface area contributed by atoms with Crippen LogP contribution in [0.4, 0.5) is 0 Å². The third-order valence-electron chi connectivity index (χ3n) is 9.17. The minimum absolute atomic E-state index is 0.0568. The van der Waals surface area contributed by atoms with Gasteiger partial charge in [0.2, 0.25) is 0 Å². The first-order valence-corrected chi connectivity index (χ1v) is 15.1. The Hall–Kier alpha value is -4.21. The number of para-hydroxylation sites is 3. The number of aromatic nitrogens is 2. The number of hydrogen-bond donors (Lipinski definition) is 0. The highest BCUT2D eigenvalue weighted by Crippen LogP contribution is 2.54. The quantitative estimate of drug-likeness (QED) is 0.215. The number of benzene rings is 5. The van der Waals surface area contributed by atoms with Crippen LogP contribution in [0.1, 0.15) is 25.8 Å². The van der Waals surface area contributed by atoms with Gasteiger partial charge in [-0.05, 0) is 65.6 Å². The molecule has 40 heavy (non-hydrogen) atoms. The number of nitrogens with zero attached hydrogens (tertiary/aromatic N) is 2. The van der Waals surface area contributed by atoms with Gasteiger partial charge in [-0.1, -0.05) is 80.6 Å². The summed E-state index contributed by atoms with van der Waals surface area (Å²) < 4.78 is 4.97. The summed E-state index contributed by atoms with van der Waals surface area (Å²) in [5, 5.41) is 5.30. The van der Waals surface area contributed by atoms with Crippen molar-refractivity contribution in [3.05, 3.63) is 120 Å². The predicted octanol–water partition coefficient (Wildman–Crippen LogP) is 10.2. The van der Waals surface area contributed by atoms with Gasteiger partial charge in [-0.3, -0.25) is 0 Å². The molecule has 2 aliphatic rings. The maximum Gasteiger partial charge on any atom is 0.0579 e. The summed E-state index contributed by atoms with van der Waals surface area (Å²) in [5.41, 5.74) is 12.0. The Kier molecular flexibility index (Phi) is 4.48. The van der Waals surface area contributed by atoms with Crippen molar-refractivity contribution >= 4 is 61.1 Å². The minimum Gasteiger partial charge on any atom is -0.312 e. The first-order chi connectivity index (χ1) is 19.6. The molecule has 0 spiro atoms. The van der Waals surface area contributed by atoms with Crippen LogP contribution in [0.3, 0.4) is 0 Å². The molecule has 0 amide bonds. The lowest BCUT2D eigenvalue weighted by atomic mass is 9.80. The maximum atomic E-state index is 2.58. The van der Waals surface area contributed by atoms with E-state index >= 15 is 0 Å². The van der Waals surface area contributed by atoms with Crippen molar-refractivity contribution in [3.8, 4) is 16.8 Å². The summed E-state index contributed by atoms with van der Waals surface area (Å²) in [6, 6.07) is 40.5. The van der Waals surface area contributed by atoms with Crippen LogP contribution in [0.15, 0.2) is 114 Å². The van der Waals surface area contributed by atoms with Gasteiger partial charge in [0.1, 0.15) is 0 Å². The summed E-state index contributed by atoms with van der Waals surface area (Å²) in [6.07, 6.45) is 1.14. The van der Waals surface area contributed by atoms with E-state index in [0.717, 1.165) is 6.42 Å². The molecule has 5 aromatic carbocycles. The number of thioether (sulfide) groups is 1. The van der Waals surface area contributed by atoms with Crippen LogP contribution >= 0.6 is 11.8 Å². The van der Waals surface area contributed by atoms with E-state index in [-0.39, 0.29) is 5.41 Å². The number of fused-ring (bicyclic) bond motifs is 7. The van der Waals surface area contributed by atoms with Gasteiger partial charge in [0.05, 0.1) is 22.1 Å². The monoisotopic (exact) mass is 532 g/mol. The average Bonchev–Trinajstić information content (AvgIpc) is 3.69. The topological polar surface area (TPSA) is 9.86 Å². The molecule has 0 unspecified atom stereocenters. The molecule has 0 atom stereocenters. The zero-order valence-electron chi connectivity index (χ0n) is 22.6. The lowest BCUT2D eigenvalue weighted by molar-refractivity contribution is 0.652. The molecule has 0 N–H and O–H groups in total. The van der Waals surface area contributed by atoms with E-state index in [1.54, 1.807) is 4.91 Å². The molecule has 3 heteroatoms. The summed E-state index contributed by atoms with van der Waals surface area (Å²) in [4.78, 5) is 1.55. The highest BCUT2D eigenvalue weighted by atomic mass is 32.2. The predicted molar refractivity (Wildman–Crippen MR) is 173 cm³/mol. The van der Waals surface area contributed by atoms with Crippen molar-refractivity contribution in [2.24, 2.45) is 0 Å². The van der Waals surface area contributed by atoms with E-state index in [9.17, 15) is 0 Å². The fourth-order valence-corrected chi connectivity index (χ4v) is 8.69. The summed E-state index contributed by atoms with van der Waals surface area (Å²) in [5.74, 6) is 1.18. The van der Waals surface area contributed by atoms with E-state index in [0.29, 0.717) is 0 Å². The van der Waals surface area contributed by atoms with Crippen molar-refractivity contribution in [2.45, 2.75) is 25.7 Å². The molecule has 0 bridgehead atoms. The second-order valence-electron chi connectivity index (χ2n) is 11.7. The number of rotatable bonds is 2. The fourth-order valence-electron chi connectivity index (χ4n) is 7.36. The van der Waals surface area contributed by atoms with E-state index in [1.165, 1.54) is 77.4 Å².